The monoisotopic (exact) mass is 530 g/mol. The molecular formula is C29H39ClN2O5. The van der Waals surface area contributed by atoms with Gasteiger partial charge >= 0.3 is 0 Å². The zero-order chi connectivity index (χ0) is 26.8. The average molecular weight is 531 g/mol. The van der Waals surface area contributed by atoms with Crippen LogP contribution in [0.5, 0.6) is 17.2 Å². The van der Waals surface area contributed by atoms with Gasteiger partial charge in [-0.15, -0.1) is 11.6 Å². The van der Waals surface area contributed by atoms with Crippen molar-refractivity contribution < 1.29 is 23.8 Å². The molecule has 3 rings (SSSR count). The number of hydrogen-bond donors (Lipinski definition) is 1. The van der Waals surface area contributed by atoms with Crippen LogP contribution in [0, 0.1) is 0 Å². The molecule has 0 aliphatic heterocycles. The van der Waals surface area contributed by atoms with Crippen molar-refractivity contribution in [2.75, 3.05) is 20.1 Å². The van der Waals surface area contributed by atoms with Gasteiger partial charge in [-0.1, -0.05) is 43.9 Å². The van der Waals surface area contributed by atoms with Gasteiger partial charge in [0.15, 0.2) is 11.5 Å². The zero-order valence-electron chi connectivity index (χ0n) is 22.3. The van der Waals surface area contributed by atoms with E-state index in [1.165, 1.54) is 12.8 Å². The smallest absolute Gasteiger partial charge is 0.247 e. The SMILES string of the molecule is COc1ccc(CN(C(=O)CCl)C(C(=O)NC2CCCCCC2)c2ccc(OC(C)C)c(OC)c2)cc1. The second kappa shape index (κ2) is 14.1. The van der Waals surface area contributed by atoms with Crippen molar-refractivity contribution in [3.05, 3.63) is 53.6 Å². The Morgan fingerprint density at radius 3 is 2.22 bits per heavy atom. The summed E-state index contributed by atoms with van der Waals surface area (Å²) in [6, 6.07) is 12.0. The summed E-state index contributed by atoms with van der Waals surface area (Å²) in [7, 11) is 3.16. The molecule has 1 atom stereocenters. The Balaban J connectivity index is 2.01. The van der Waals surface area contributed by atoms with Gasteiger partial charge in [-0.05, 0) is 62.1 Å². The van der Waals surface area contributed by atoms with Crippen molar-refractivity contribution in [1.29, 1.82) is 0 Å². The molecule has 1 fully saturated rings. The van der Waals surface area contributed by atoms with Gasteiger partial charge in [0.05, 0.1) is 20.3 Å². The Kier molecular flexibility index (Phi) is 10.9. The number of carbonyl (C=O) groups is 2. The molecule has 37 heavy (non-hydrogen) atoms. The van der Waals surface area contributed by atoms with Crippen LogP contribution in [0.25, 0.3) is 0 Å². The molecule has 0 heterocycles. The van der Waals surface area contributed by atoms with Crippen LogP contribution >= 0.6 is 11.6 Å². The molecule has 1 N–H and O–H groups in total. The van der Waals surface area contributed by atoms with Crippen LogP contribution in [0.15, 0.2) is 42.5 Å². The van der Waals surface area contributed by atoms with Crippen LogP contribution in [0.2, 0.25) is 0 Å². The highest BCUT2D eigenvalue weighted by molar-refractivity contribution is 6.27. The molecule has 1 unspecified atom stereocenters. The first-order chi connectivity index (χ1) is 17.9. The highest BCUT2D eigenvalue weighted by atomic mass is 35.5. The lowest BCUT2D eigenvalue weighted by Gasteiger charge is -2.33. The van der Waals surface area contributed by atoms with Gasteiger partial charge in [0.2, 0.25) is 11.8 Å². The molecule has 7 nitrogen and oxygen atoms in total. The Bertz CT molecular complexity index is 1020. The van der Waals surface area contributed by atoms with Crippen LogP contribution in [0.1, 0.15) is 69.5 Å². The van der Waals surface area contributed by atoms with E-state index in [9.17, 15) is 9.59 Å². The molecule has 0 aromatic heterocycles. The quantitative estimate of drug-likeness (QED) is 0.300. The number of nitrogens with one attached hydrogen (secondary N) is 1. The summed E-state index contributed by atoms with van der Waals surface area (Å²) in [5.74, 6) is 0.996. The molecule has 0 bridgehead atoms. The number of amides is 2. The molecule has 1 aliphatic carbocycles. The number of alkyl halides is 1. The van der Waals surface area contributed by atoms with E-state index in [1.807, 2.05) is 44.2 Å². The summed E-state index contributed by atoms with van der Waals surface area (Å²) in [4.78, 5) is 28.6. The first-order valence-electron chi connectivity index (χ1n) is 13.0. The summed E-state index contributed by atoms with van der Waals surface area (Å²) in [5, 5.41) is 3.24. The van der Waals surface area contributed by atoms with E-state index in [-0.39, 0.29) is 36.4 Å². The van der Waals surface area contributed by atoms with Gasteiger partial charge in [0, 0.05) is 12.6 Å². The zero-order valence-corrected chi connectivity index (χ0v) is 23.1. The molecule has 0 saturated heterocycles. The van der Waals surface area contributed by atoms with Crippen LogP contribution in [-0.2, 0) is 16.1 Å². The number of hydrogen-bond acceptors (Lipinski definition) is 5. The molecule has 0 spiro atoms. The predicted molar refractivity (Wildman–Crippen MR) is 145 cm³/mol. The second-order valence-electron chi connectivity index (χ2n) is 9.68. The molecule has 202 valence electrons. The number of benzene rings is 2. The van der Waals surface area contributed by atoms with Crippen molar-refractivity contribution in [2.45, 2.75) is 77.1 Å². The van der Waals surface area contributed by atoms with E-state index in [4.69, 9.17) is 25.8 Å². The summed E-state index contributed by atoms with van der Waals surface area (Å²) in [6.07, 6.45) is 6.35. The largest absolute Gasteiger partial charge is 0.497 e. The lowest BCUT2D eigenvalue weighted by molar-refractivity contribution is -0.140. The molecule has 2 aromatic rings. The second-order valence-corrected chi connectivity index (χ2v) is 9.95. The molecule has 2 amide bonds. The van der Waals surface area contributed by atoms with Gasteiger partial charge in [0.1, 0.15) is 17.7 Å². The van der Waals surface area contributed by atoms with Gasteiger partial charge in [0.25, 0.3) is 0 Å². The van der Waals surface area contributed by atoms with Gasteiger partial charge in [-0.25, -0.2) is 0 Å². The Labute approximate surface area is 225 Å². The van der Waals surface area contributed by atoms with E-state index in [2.05, 4.69) is 5.32 Å². The van der Waals surface area contributed by atoms with Crippen molar-refractivity contribution in [1.82, 2.24) is 10.2 Å². The van der Waals surface area contributed by atoms with E-state index >= 15 is 0 Å². The van der Waals surface area contributed by atoms with Crippen LogP contribution in [0.3, 0.4) is 0 Å². The van der Waals surface area contributed by atoms with Gasteiger partial charge < -0.3 is 24.4 Å². The molecular weight excluding hydrogens is 492 g/mol. The summed E-state index contributed by atoms with van der Waals surface area (Å²) < 4.78 is 16.7. The van der Waals surface area contributed by atoms with Crippen molar-refractivity contribution in [3.8, 4) is 17.2 Å². The van der Waals surface area contributed by atoms with Gasteiger partial charge in [-0.3, -0.25) is 9.59 Å². The van der Waals surface area contributed by atoms with Crippen LogP contribution in [-0.4, -0.2) is 49.0 Å². The van der Waals surface area contributed by atoms with Crippen LogP contribution < -0.4 is 19.5 Å². The first kappa shape index (κ1) is 28.6. The number of halogens is 1. The highest BCUT2D eigenvalue weighted by Gasteiger charge is 2.33. The fraction of sp³-hybridized carbons (Fsp3) is 0.517. The summed E-state index contributed by atoms with van der Waals surface area (Å²) in [6.45, 7) is 4.09. The predicted octanol–water partition coefficient (Wildman–Crippen LogP) is 5.64. The minimum Gasteiger partial charge on any atom is -0.497 e. The third kappa shape index (κ3) is 8.03. The normalized spacial score (nSPS) is 15.0. The minimum absolute atomic E-state index is 0.0431. The number of carbonyl (C=O) groups excluding carboxylic acids is 2. The number of rotatable bonds is 11. The first-order valence-corrected chi connectivity index (χ1v) is 13.5. The maximum atomic E-state index is 13.9. The number of ether oxygens (including phenoxy) is 3. The lowest BCUT2D eigenvalue weighted by atomic mass is 10.0. The fourth-order valence-corrected chi connectivity index (χ4v) is 4.86. The van der Waals surface area contributed by atoms with E-state index < -0.39 is 6.04 Å². The maximum absolute atomic E-state index is 13.9. The fourth-order valence-electron chi connectivity index (χ4n) is 4.71. The highest BCUT2D eigenvalue weighted by Crippen LogP contribution is 2.34. The van der Waals surface area contributed by atoms with E-state index in [0.717, 1.165) is 31.2 Å². The Morgan fingerprint density at radius 2 is 1.65 bits per heavy atom. The molecule has 8 heteroatoms. The number of nitrogens with zero attached hydrogens (tertiary/aromatic N) is 1. The van der Waals surface area contributed by atoms with Crippen molar-refractivity contribution >= 4 is 23.4 Å². The third-order valence-corrected chi connectivity index (χ3v) is 6.80. The number of methoxy groups -OCH3 is 2. The average Bonchev–Trinajstić information content (AvgIpc) is 3.17. The lowest BCUT2D eigenvalue weighted by Crippen LogP contribution is -2.46. The standard InChI is InChI=1S/C29H39ClN2O5/c1-20(2)37-25-16-13-22(17-26(25)36-4)28(29(34)31-23-9-7-5-6-8-10-23)32(27(33)18-30)19-21-11-14-24(35-3)15-12-21/h11-17,20,23,28H,5-10,18-19H2,1-4H3,(H,31,34). The van der Waals surface area contributed by atoms with Crippen molar-refractivity contribution in [3.63, 3.8) is 0 Å². The minimum atomic E-state index is -0.890. The Morgan fingerprint density at radius 1 is 0.973 bits per heavy atom. The van der Waals surface area contributed by atoms with Crippen molar-refractivity contribution in [2.24, 2.45) is 0 Å². The maximum Gasteiger partial charge on any atom is 0.247 e. The summed E-state index contributed by atoms with van der Waals surface area (Å²) in [5.41, 5.74) is 1.49. The summed E-state index contributed by atoms with van der Waals surface area (Å²) >= 11 is 6.06. The molecule has 1 aliphatic rings. The topological polar surface area (TPSA) is 77.1 Å². The third-order valence-electron chi connectivity index (χ3n) is 6.57. The van der Waals surface area contributed by atoms with Crippen LogP contribution in [0.4, 0.5) is 0 Å². The Hall–Kier alpha value is -2.93. The molecule has 1 saturated carbocycles. The van der Waals surface area contributed by atoms with Gasteiger partial charge in [-0.2, -0.15) is 0 Å². The van der Waals surface area contributed by atoms with E-state index in [1.54, 1.807) is 31.3 Å². The molecule has 0 radical (unpaired) electrons. The molecule has 2 aromatic carbocycles. The van der Waals surface area contributed by atoms with E-state index in [0.29, 0.717) is 22.8 Å².